The number of likely N-dealkylation sites (tertiary alicyclic amines) is 1. The van der Waals surface area contributed by atoms with Crippen molar-refractivity contribution < 1.29 is 23.9 Å². The van der Waals surface area contributed by atoms with Gasteiger partial charge in [0.25, 0.3) is 11.8 Å². The van der Waals surface area contributed by atoms with Crippen molar-refractivity contribution in [2.24, 2.45) is 0 Å². The monoisotopic (exact) mass is 451 g/mol. The van der Waals surface area contributed by atoms with E-state index in [1.165, 1.54) is 4.90 Å². The number of anilines is 2. The molecule has 0 saturated carbocycles. The fraction of sp³-hybridized carbons (Fsp3) is 0.400. The van der Waals surface area contributed by atoms with Crippen LogP contribution in [0, 0.1) is 6.92 Å². The van der Waals surface area contributed by atoms with Crippen LogP contribution in [-0.4, -0.2) is 55.0 Å². The first-order valence-corrected chi connectivity index (χ1v) is 11.3. The van der Waals surface area contributed by atoms with E-state index in [0.717, 1.165) is 37.9 Å². The summed E-state index contributed by atoms with van der Waals surface area (Å²) in [6.07, 6.45) is 2.40. The van der Waals surface area contributed by atoms with Crippen molar-refractivity contribution >= 4 is 29.1 Å². The summed E-state index contributed by atoms with van der Waals surface area (Å²) in [6.45, 7) is 4.89. The number of ether oxygens (including phenoxy) is 2. The van der Waals surface area contributed by atoms with E-state index in [-0.39, 0.29) is 30.9 Å². The van der Waals surface area contributed by atoms with Crippen LogP contribution >= 0.6 is 0 Å². The Morgan fingerprint density at radius 1 is 1.09 bits per heavy atom. The van der Waals surface area contributed by atoms with Crippen LogP contribution < -0.4 is 19.7 Å². The van der Waals surface area contributed by atoms with Gasteiger partial charge in [-0.25, -0.2) is 0 Å². The smallest absolute Gasteiger partial charge is 0.268 e. The summed E-state index contributed by atoms with van der Waals surface area (Å²) in [5.41, 5.74) is 2.07. The molecule has 3 amide bonds. The van der Waals surface area contributed by atoms with Crippen LogP contribution in [0.25, 0.3) is 0 Å². The minimum Gasteiger partial charge on any atom is -0.484 e. The number of benzene rings is 2. The lowest BCUT2D eigenvalue weighted by molar-refractivity contribution is -0.133. The Morgan fingerprint density at radius 3 is 2.55 bits per heavy atom. The van der Waals surface area contributed by atoms with E-state index < -0.39 is 6.10 Å². The molecule has 1 atom stereocenters. The van der Waals surface area contributed by atoms with Gasteiger partial charge in [0.2, 0.25) is 5.91 Å². The minimum atomic E-state index is -0.685. The minimum absolute atomic E-state index is 0.0481. The van der Waals surface area contributed by atoms with E-state index in [2.05, 4.69) is 5.32 Å². The van der Waals surface area contributed by atoms with Gasteiger partial charge in [0, 0.05) is 18.8 Å². The lowest BCUT2D eigenvalue weighted by Crippen LogP contribution is -2.50. The largest absolute Gasteiger partial charge is 0.484 e. The van der Waals surface area contributed by atoms with Gasteiger partial charge < -0.3 is 19.7 Å². The molecule has 0 spiro atoms. The van der Waals surface area contributed by atoms with Crippen molar-refractivity contribution in [3.63, 3.8) is 0 Å². The number of piperidine rings is 1. The Hall–Kier alpha value is -3.55. The van der Waals surface area contributed by atoms with Gasteiger partial charge in [0.15, 0.2) is 12.7 Å². The van der Waals surface area contributed by atoms with Crippen LogP contribution in [-0.2, 0) is 14.4 Å². The number of nitrogens with zero attached hydrogens (tertiary/aromatic N) is 2. The average molecular weight is 452 g/mol. The maximum absolute atomic E-state index is 12.8. The summed E-state index contributed by atoms with van der Waals surface area (Å²) in [4.78, 5) is 41.3. The molecule has 174 valence electrons. The molecular formula is C25H29N3O5. The third kappa shape index (κ3) is 5.45. The summed E-state index contributed by atoms with van der Waals surface area (Å²) in [7, 11) is 0. The quantitative estimate of drug-likeness (QED) is 0.729. The summed E-state index contributed by atoms with van der Waals surface area (Å²) in [5, 5.41) is 2.78. The van der Waals surface area contributed by atoms with Crippen molar-refractivity contribution in [2.75, 3.05) is 36.5 Å². The Kier molecular flexibility index (Phi) is 6.82. The van der Waals surface area contributed by atoms with E-state index in [4.69, 9.17) is 9.47 Å². The van der Waals surface area contributed by atoms with Crippen LogP contribution in [0.4, 0.5) is 11.4 Å². The molecule has 8 heteroatoms. The number of hydrogen-bond donors (Lipinski definition) is 1. The fourth-order valence-corrected chi connectivity index (χ4v) is 4.01. The van der Waals surface area contributed by atoms with Gasteiger partial charge in [-0.05, 0) is 63.4 Å². The number of rotatable bonds is 6. The van der Waals surface area contributed by atoms with Crippen LogP contribution in [0.2, 0.25) is 0 Å². The number of fused-ring (bicyclic) bond motifs is 1. The second-order valence-corrected chi connectivity index (χ2v) is 8.46. The normalized spacial score (nSPS) is 17.8. The molecule has 0 bridgehead atoms. The molecule has 33 heavy (non-hydrogen) atoms. The number of amides is 3. The summed E-state index contributed by atoms with van der Waals surface area (Å²) in [6, 6.07) is 12.5. The van der Waals surface area contributed by atoms with E-state index in [1.807, 2.05) is 36.1 Å². The number of hydrogen-bond acceptors (Lipinski definition) is 5. The van der Waals surface area contributed by atoms with Crippen molar-refractivity contribution in [3.8, 4) is 11.5 Å². The van der Waals surface area contributed by atoms with E-state index in [1.54, 1.807) is 25.1 Å². The van der Waals surface area contributed by atoms with Crippen molar-refractivity contribution in [3.05, 3.63) is 48.0 Å². The van der Waals surface area contributed by atoms with Crippen LogP contribution in [0.1, 0.15) is 31.7 Å². The Balaban J connectivity index is 1.45. The molecule has 2 aliphatic rings. The summed E-state index contributed by atoms with van der Waals surface area (Å²) < 4.78 is 11.3. The molecule has 2 aromatic rings. The molecule has 2 heterocycles. The molecule has 0 radical (unpaired) electrons. The first-order valence-electron chi connectivity index (χ1n) is 11.3. The Bertz CT molecular complexity index is 1030. The molecule has 2 aliphatic heterocycles. The third-order valence-electron chi connectivity index (χ3n) is 5.84. The van der Waals surface area contributed by atoms with Gasteiger partial charge in [-0.3, -0.25) is 19.3 Å². The number of nitrogens with one attached hydrogen (secondary N) is 1. The fourth-order valence-electron chi connectivity index (χ4n) is 4.01. The molecule has 8 nitrogen and oxygen atoms in total. The van der Waals surface area contributed by atoms with Crippen molar-refractivity contribution in [1.29, 1.82) is 0 Å². The lowest BCUT2D eigenvalue weighted by atomic mass is 10.1. The zero-order valence-electron chi connectivity index (χ0n) is 19.0. The first kappa shape index (κ1) is 22.6. The van der Waals surface area contributed by atoms with Gasteiger partial charge in [0.05, 0.1) is 5.69 Å². The van der Waals surface area contributed by atoms with E-state index in [0.29, 0.717) is 22.9 Å². The van der Waals surface area contributed by atoms with Crippen molar-refractivity contribution in [1.82, 2.24) is 4.90 Å². The van der Waals surface area contributed by atoms with Gasteiger partial charge in [-0.1, -0.05) is 17.7 Å². The highest BCUT2D eigenvalue weighted by molar-refractivity contribution is 6.04. The predicted molar refractivity (Wildman–Crippen MR) is 125 cm³/mol. The van der Waals surface area contributed by atoms with Crippen LogP contribution in [0.15, 0.2) is 42.5 Å². The standard InChI is InChI=1S/C25H29N3O5/c1-17-6-9-20(10-7-17)32-16-23(29)26-19-8-11-22-21(14-19)28(25(31)18(2)33-22)15-24(30)27-12-4-3-5-13-27/h6-11,14,18H,3-5,12-13,15-16H2,1-2H3,(H,26,29). The zero-order chi connectivity index (χ0) is 23.4. The average Bonchev–Trinajstić information content (AvgIpc) is 2.82. The highest BCUT2D eigenvalue weighted by atomic mass is 16.5. The van der Waals surface area contributed by atoms with Gasteiger partial charge in [-0.2, -0.15) is 0 Å². The molecule has 0 aliphatic carbocycles. The van der Waals surface area contributed by atoms with Crippen molar-refractivity contribution in [2.45, 2.75) is 39.2 Å². The maximum atomic E-state index is 12.8. The van der Waals surface area contributed by atoms with E-state index in [9.17, 15) is 14.4 Å². The summed E-state index contributed by atoms with van der Waals surface area (Å²) >= 11 is 0. The molecular weight excluding hydrogens is 422 g/mol. The molecule has 1 fully saturated rings. The maximum Gasteiger partial charge on any atom is 0.268 e. The van der Waals surface area contributed by atoms with Gasteiger partial charge >= 0.3 is 0 Å². The topological polar surface area (TPSA) is 88.2 Å². The van der Waals surface area contributed by atoms with E-state index >= 15 is 0 Å². The van der Waals surface area contributed by atoms with Gasteiger partial charge in [-0.15, -0.1) is 0 Å². The molecule has 1 N–H and O–H groups in total. The molecule has 1 saturated heterocycles. The van der Waals surface area contributed by atoms with Crippen LogP contribution in [0.3, 0.4) is 0 Å². The second-order valence-electron chi connectivity index (χ2n) is 8.46. The zero-order valence-corrected chi connectivity index (χ0v) is 19.0. The highest BCUT2D eigenvalue weighted by Crippen LogP contribution is 2.36. The first-order chi connectivity index (χ1) is 15.9. The lowest BCUT2D eigenvalue weighted by Gasteiger charge is -2.35. The highest BCUT2D eigenvalue weighted by Gasteiger charge is 2.34. The third-order valence-corrected chi connectivity index (χ3v) is 5.84. The molecule has 0 aromatic heterocycles. The molecule has 2 aromatic carbocycles. The van der Waals surface area contributed by atoms with Crippen LogP contribution in [0.5, 0.6) is 11.5 Å². The number of carbonyl (C=O) groups is 3. The Labute approximate surface area is 193 Å². The second kappa shape index (κ2) is 9.94. The summed E-state index contributed by atoms with van der Waals surface area (Å²) in [5.74, 6) is 0.421. The SMILES string of the molecule is Cc1ccc(OCC(=O)Nc2ccc3c(c2)N(CC(=O)N2CCCCC2)C(=O)C(C)O3)cc1. The predicted octanol–water partition coefficient (Wildman–Crippen LogP) is 3.14. The number of aryl methyl sites for hydroxylation is 1. The molecule has 1 unspecified atom stereocenters. The molecule has 4 rings (SSSR count). The van der Waals surface area contributed by atoms with Gasteiger partial charge in [0.1, 0.15) is 18.0 Å². The Morgan fingerprint density at radius 2 is 1.82 bits per heavy atom. The number of carbonyl (C=O) groups excluding carboxylic acids is 3.